The summed E-state index contributed by atoms with van der Waals surface area (Å²) in [6.07, 6.45) is 0. The van der Waals surface area contributed by atoms with Crippen LogP contribution >= 0.6 is 11.6 Å². The van der Waals surface area contributed by atoms with Crippen LogP contribution < -0.4 is 0 Å². The molecule has 0 saturated carbocycles. The van der Waals surface area contributed by atoms with Crippen LogP contribution in [0.3, 0.4) is 0 Å². The molecule has 198 valence electrons. The summed E-state index contributed by atoms with van der Waals surface area (Å²) in [4.78, 5) is 15.0. The minimum Gasteiger partial charge on any atom is -0.456 e. The molecule has 0 bridgehead atoms. The summed E-state index contributed by atoms with van der Waals surface area (Å²) in [6.45, 7) is 0. The third-order valence-electron chi connectivity index (χ3n) is 7.57. The van der Waals surface area contributed by atoms with Crippen LogP contribution in [0.1, 0.15) is 0 Å². The molecule has 0 amide bonds. The van der Waals surface area contributed by atoms with Gasteiger partial charge in [0.05, 0.1) is 0 Å². The van der Waals surface area contributed by atoms with Crippen molar-refractivity contribution in [3.63, 3.8) is 0 Å². The highest BCUT2D eigenvalue weighted by Crippen LogP contribution is 2.38. The molecule has 5 heteroatoms. The Hall–Kier alpha value is -5.32. The van der Waals surface area contributed by atoms with Gasteiger partial charge in [0.25, 0.3) is 0 Å². The van der Waals surface area contributed by atoms with Crippen molar-refractivity contribution in [2.45, 2.75) is 0 Å². The van der Waals surface area contributed by atoms with E-state index >= 15 is 0 Å². The monoisotopic (exact) mass is 559 g/mol. The Labute approximate surface area is 246 Å². The van der Waals surface area contributed by atoms with Gasteiger partial charge in [0, 0.05) is 32.5 Å². The van der Waals surface area contributed by atoms with Crippen molar-refractivity contribution in [3.05, 3.63) is 138 Å². The SMILES string of the molecule is Clc1cc(-c2nc(-c3ccccc3)nc(-c3cccc4oc5ccccc5c34)n2)cc(-c2cccc3ccccc23)c1. The summed E-state index contributed by atoms with van der Waals surface area (Å²) in [6, 6.07) is 44.7. The van der Waals surface area contributed by atoms with E-state index in [9.17, 15) is 0 Å². The lowest BCUT2D eigenvalue weighted by atomic mass is 9.97. The molecule has 0 spiro atoms. The van der Waals surface area contributed by atoms with Crippen molar-refractivity contribution < 1.29 is 4.42 Å². The zero-order valence-electron chi connectivity index (χ0n) is 22.3. The average Bonchev–Trinajstić information content (AvgIpc) is 3.43. The fraction of sp³-hybridized carbons (Fsp3) is 0. The fourth-order valence-electron chi connectivity index (χ4n) is 5.65. The molecule has 0 aliphatic carbocycles. The van der Waals surface area contributed by atoms with Gasteiger partial charge in [0.2, 0.25) is 0 Å². The number of fused-ring (bicyclic) bond motifs is 4. The van der Waals surface area contributed by atoms with E-state index in [4.69, 9.17) is 31.0 Å². The second-order valence-corrected chi connectivity index (χ2v) is 10.6. The number of rotatable bonds is 4. The Morgan fingerprint density at radius 2 is 1.07 bits per heavy atom. The highest BCUT2D eigenvalue weighted by molar-refractivity contribution is 6.31. The molecule has 0 atom stereocenters. The highest BCUT2D eigenvalue weighted by atomic mass is 35.5. The first-order valence-corrected chi connectivity index (χ1v) is 14.1. The van der Waals surface area contributed by atoms with Crippen LogP contribution in [0.5, 0.6) is 0 Å². The van der Waals surface area contributed by atoms with E-state index in [0.717, 1.165) is 55.1 Å². The Bertz CT molecular complexity index is 2270. The van der Waals surface area contributed by atoms with Crippen molar-refractivity contribution in [2.75, 3.05) is 0 Å². The van der Waals surface area contributed by atoms with Crippen molar-refractivity contribution in [1.82, 2.24) is 15.0 Å². The molecular formula is C37H22ClN3O. The number of nitrogens with zero attached hydrogens (tertiary/aromatic N) is 3. The second kappa shape index (κ2) is 9.95. The van der Waals surface area contributed by atoms with Crippen molar-refractivity contribution in [3.8, 4) is 45.3 Å². The van der Waals surface area contributed by atoms with E-state index in [1.165, 1.54) is 5.39 Å². The number of halogens is 1. The minimum atomic E-state index is 0.549. The molecule has 0 unspecified atom stereocenters. The zero-order chi connectivity index (χ0) is 28.0. The number of benzene rings is 6. The number of aromatic nitrogens is 3. The molecular weight excluding hydrogens is 538 g/mol. The topological polar surface area (TPSA) is 51.8 Å². The summed E-state index contributed by atoms with van der Waals surface area (Å²) in [5.41, 5.74) is 6.32. The molecule has 0 saturated heterocycles. The van der Waals surface area contributed by atoms with Gasteiger partial charge in [-0.25, -0.2) is 15.0 Å². The van der Waals surface area contributed by atoms with Gasteiger partial charge in [-0.05, 0) is 52.2 Å². The zero-order valence-corrected chi connectivity index (χ0v) is 23.1. The highest BCUT2D eigenvalue weighted by Gasteiger charge is 2.18. The molecule has 0 radical (unpaired) electrons. The molecule has 6 aromatic carbocycles. The predicted molar refractivity (Wildman–Crippen MR) is 171 cm³/mol. The van der Waals surface area contributed by atoms with Crippen LogP contribution in [0, 0.1) is 0 Å². The van der Waals surface area contributed by atoms with Gasteiger partial charge >= 0.3 is 0 Å². The molecule has 0 aliphatic rings. The molecule has 0 fully saturated rings. The van der Waals surface area contributed by atoms with E-state index in [1.54, 1.807) is 0 Å². The first-order valence-electron chi connectivity index (χ1n) is 13.7. The Morgan fingerprint density at radius 3 is 1.95 bits per heavy atom. The molecule has 4 nitrogen and oxygen atoms in total. The molecule has 0 aliphatic heterocycles. The fourth-order valence-corrected chi connectivity index (χ4v) is 5.89. The standard InChI is InChI=1S/C37H22ClN3O/c38-27-21-25(29-16-8-13-23-10-4-5-14-28(23)29)20-26(22-27)36-39-35(24-11-2-1-3-12-24)40-37(41-36)31-17-9-19-33-34(31)30-15-6-7-18-32(30)42-33/h1-22H. The van der Waals surface area contributed by atoms with Crippen molar-refractivity contribution in [1.29, 1.82) is 0 Å². The lowest BCUT2D eigenvalue weighted by Crippen LogP contribution is -2.00. The third-order valence-corrected chi connectivity index (χ3v) is 7.79. The summed E-state index contributed by atoms with van der Waals surface area (Å²) < 4.78 is 6.17. The molecule has 8 aromatic rings. The van der Waals surface area contributed by atoms with Crippen LogP contribution in [-0.2, 0) is 0 Å². The largest absolute Gasteiger partial charge is 0.456 e. The van der Waals surface area contributed by atoms with Crippen LogP contribution in [0.15, 0.2) is 138 Å². The number of furan rings is 1. The van der Waals surface area contributed by atoms with Crippen LogP contribution in [0.2, 0.25) is 5.02 Å². The maximum Gasteiger partial charge on any atom is 0.164 e. The maximum absolute atomic E-state index is 6.76. The number of hydrogen-bond acceptors (Lipinski definition) is 4. The van der Waals surface area contributed by atoms with Crippen molar-refractivity contribution >= 4 is 44.3 Å². The minimum absolute atomic E-state index is 0.549. The lowest BCUT2D eigenvalue weighted by Gasteiger charge is -2.12. The summed E-state index contributed by atoms with van der Waals surface area (Å²) >= 11 is 6.76. The number of para-hydroxylation sites is 1. The van der Waals surface area contributed by atoms with Crippen LogP contribution in [0.25, 0.3) is 78.0 Å². The van der Waals surface area contributed by atoms with Crippen LogP contribution in [0.4, 0.5) is 0 Å². The van der Waals surface area contributed by atoms with Crippen LogP contribution in [-0.4, -0.2) is 15.0 Å². The van der Waals surface area contributed by atoms with Gasteiger partial charge in [0.15, 0.2) is 17.5 Å². The molecule has 42 heavy (non-hydrogen) atoms. The van der Waals surface area contributed by atoms with E-state index in [0.29, 0.717) is 22.5 Å². The molecule has 0 N–H and O–H groups in total. The van der Waals surface area contributed by atoms with Gasteiger partial charge in [-0.1, -0.05) is 115 Å². The predicted octanol–water partition coefficient (Wildman–Crippen LogP) is 10.2. The quantitative estimate of drug-likeness (QED) is 0.215. The van der Waals surface area contributed by atoms with Crippen molar-refractivity contribution in [2.24, 2.45) is 0 Å². The summed E-state index contributed by atoms with van der Waals surface area (Å²) in [5, 5.41) is 4.94. The number of hydrogen-bond donors (Lipinski definition) is 0. The van der Waals surface area contributed by atoms with E-state index < -0.39 is 0 Å². The van der Waals surface area contributed by atoms with E-state index in [1.807, 2.05) is 78.9 Å². The lowest BCUT2D eigenvalue weighted by molar-refractivity contribution is 0.669. The Balaban J connectivity index is 1.37. The van der Waals surface area contributed by atoms with Gasteiger partial charge in [-0.2, -0.15) is 0 Å². The van der Waals surface area contributed by atoms with Gasteiger partial charge in [-0.15, -0.1) is 0 Å². The third kappa shape index (κ3) is 4.21. The normalized spacial score (nSPS) is 11.5. The van der Waals surface area contributed by atoms with Gasteiger partial charge < -0.3 is 4.42 Å². The van der Waals surface area contributed by atoms with E-state index in [2.05, 4.69) is 54.6 Å². The Morgan fingerprint density at radius 1 is 0.452 bits per heavy atom. The summed E-state index contributed by atoms with van der Waals surface area (Å²) in [7, 11) is 0. The van der Waals surface area contributed by atoms with Gasteiger partial charge in [0.1, 0.15) is 11.2 Å². The first kappa shape index (κ1) is 24.5. The average molecular weight is 560 g/mol. The Kier molecular flexibility index (Phi) is 5.80. The summed E-state index contributed by atoms with van der Waals surface area (Å²) in [5.74, 6) is 1.71. The second-order valence-electron chi connectivity index (χ2n) is 10.2. The molecule has 2 heterocycles. The maximum atomic E-state index is 6.76. The van der Waals surface area contributed by atoms with E-state index in [-0.39, 0.29) is 0 Å². The molecule has 2 aromatic heterocycles. The smallest absolute Gasteiger partial charge is 0.164 e. The first-order chi connectivity index (χ1) is 20.7. The van der Waals surface area contributed by atoms with Gasteiger partial charge in [-0.3, -0.25) is 0 Å². The molecule has 8 rings (SSSR count).